The predicted molar refractivity (Wildman–Crippen MR) is 103 cm³/mol. The maximum atomic E-state index is 13.1. The standard InChI is InChI=1S/C20H22N2O7/c1-10(23)21-6-5-12-7-17(27)18(28)9-14(12)19(22-11(2)24)20(29)13-3-4-15(25)16(26)8-13/h3-4,7-9,19,25-28H,5-6H2,1-2H3,(H,21,23)(H,22,24)/t19-/m1/s1. The van der Waals surface area contributed by atoms with E-state index < -0.39 is 40.7 Å². The summed E-state index contributed by atoms with van der Waals surface area (Å²) in [5.74, 6) is -3.20. The second kappa shape index (κ2) is 8.96. The first-order chi connectivity index (χ1) is 13.6. The third-order valence-corrected chi connectivity index (χ3v) is 4.19. The molecule has 0 radical (unpaired) electrons. The van der Waals surface area contributed by atoms with E-state index in [9.17, 15) is 34.8 Å². The van der Waals surface area contributed by atoms with Crippen molar-refractivity contribution in [2.45, 2.75) is 26.3 Å². The van der Waals surface area contributed by atoms with Crippen molar-refractivity contribution in [2.75, 3.05) is 6.54 Å². The molecule has 29 heavy (non-hydrogen) atoms. The molecular formula is C20H22N2O7. The molecule has 0 saturated carbocycles. The van der Waals surface area contributed by atoms with Gasteiger partial charge in [0.1, 0.15) is 6.04 Å². The van der Waals surface area contributed by atoms with Gasteiger partial charge >= 0.3 is 0 Å². The van der Waals surface area contributed by atoms with E-state index in [0.29, 0.717) is 5.56 Å². The van der Waals surface area contributed by atoms with E-state index in [2.05, 4.69) is 10.6 Å². The summed E-state index contributed by atoms with van der Waals surface area (Å²) in [5, 5.41) is 44.0. The molecule has 2 aromatic rings. The fourth-order valence-corrected chi connectivity index (χ4v) is 2.83. The van der Waals surface area contributed by atoms with Gasteiger partial charge in [-0.3, -0.25) is 14.4 Å². The van der Waals surface area contributed by atoms with Crippen molar-refractivity contribution in [3.63, 3.8) is 0 Å². The zero-order valence-electron chi connectivity index (χ0n) is 15.9. The van der Waals surface area contributed by atoms with Gasteiger partial charge in [0.15, 0.2) is 28.8 Å². The topological polar surface area (TPSA) is 156 Å². The Hall–Kier alpha value is -3.75. The SMILES string of the molecule is CC(=O)NCCc1cc(O)c(O)cc1[C@@H](NC(C)=O)C(=O)c1ccc(O)c(O)c1. The summed E-state index contributed by atoms with van der Waals surface area (Å²) >= 11 is 0. The van der Waals surface area contributed by atoms with Crippen molar-refractivity contribution in [1.82, 2.24) is 10.6 Å². The van der Waals surface area contributed by atoms with Crippen LogP contribution in [0.15, 0.2) is 30.3 Å². The summed E-state index contributed by atoms with van der Waals surface area (Å²) < 4.78 is 0. The molecule has 0 aliphatic rings. The van der Waals surface area contributed by atoms with Gasteiger partial charge in [-0.25, -0.2) is 0 Å². The summed E-state index contributed by atoms with van der Waals surface area (Å²) in [6, 6.07) is 4.65. The first-order valence-electron chi connectivity index (χ1n) is 8.72. The molecule has 0 unspecified atom stereocenters. The van der Waals surface area contributed by atoms with Crippen LogP contribution in [0.25, 0.3) is 0 Å². The Balaban J connectivity index is 2.51. The van der Waals surface area contributed by atoms with Gasteiger partial charge in [-0.1, -0.05) is 0 Å². The molecule has 0 aromatic heterocycles. The molecule has 0 aliphatic carbocycles. The average Bonchev–Trinajstić information content (AvgIpc) is 2.64. The molecule has 2 amide bonds. The Morgan fingerprint density at radius 1 is 0.862 bits per heavy atom. The highest BCUT2D eigenvalue weighted by molar-refractivity contribution is 6.03. The maximum absolute atomic E-state index is 13.1. The number of Topliss-reactive ketones (excluding diaryl/α,β-unsaturated/α-hetero) is 1. The molecule has 1 atom stereocenters. The van der Waals surface area contributed by atoms with Crippen LogP contribution in [0.1, 0.15) is 41.4 Å². The number of hydrogen-bond acceptors (Lipinski definition) is 7. The first kappa shape index (κ1) is 21.5. The van der Waals surface area contributed by atoms with Gasteiger partial charge in [-0.15, -0.1) is 0 Å². The van der Waals surface area contributed by atoms with Crippen LogP contribution in [0, 0.1) is 0 Å². The lowest BCUT2D eigenvalue weighted by atomic mass is 9.91. The van der Waals surface area contributed by atoms with E-state index in [-0.39, 0.29) is 30.0 Å². The summed E-state index contributed by atoms with van der Waals surface area (Å²) in [6.07, 6.45) is 0.215. The van der Waals surface area contributed by atoms with Crippen molar-refractivity contribution in [1.29, 1.82) is 0 Å². The Kier molecular flexibility index (Phi) is 6.66. The summed E-state index contributed by atoms with van der Waals surface area (Å²) in [4.78, 5) is 35.9. The fraction of sp³-hybridized carbons (Fsp3) is 0.250. The summed E-state index contributed by atoms with van der Waals surface area (Å²) in [7, 11) is 0. The number of rotatable bonds is 7. The number of benzene rings is 2. The van der Waals surface area contributed by atoms with Gasteiger partial charge in [-0.05, 0) is 47.9 Å². The Bertz CT molecular complexity index is 956. The molecule has 9 nitrogen and oxygen atoms in total. The second-order valence-electron chi connectivity index (χ2n) is 6.47. The highest BCUT2D eigenvalue weighted by atomic mass is 16.3. The Morgan fingerprint density at radius 3 is 2.07 bits per heavy atom. The molecule has 6 N–H and O–H groups in total. The minimum atomic E-state index is -1.24. The number of phenols is 4. The molecule has 154 valence electrons. The van der Waals surface area contributed by atoms with Crippen molar-refractivity contribution in [3.05, 3.63) is 47.0 Å². The fourth-order valence-electron chi connectivity index (χ4n) is 2.83. The Labute approximate surface area is 166 Å². The van der Waals surface area contributed by atoms with E-state index >= 15 is 0 Å². The minimum Gasteiger partial charge on any atom is -0.504 e. The molecular weight excluding hydrogens is 380 g/mol. The van der Waals surface area contributed by atoms with Gasteiger partial charge in [0.2, 0.25) is 11.8 Å². The number of aromatic hydroxyl groups is 4. The highest BCUT2D eigenvalue weighted by Gasteiger charge is 2.27. The minimum absolute atomic E-state index is 0.0134. The van der Waals surface area contributed by atoms with Gasteiger partial charge in [0, 0.05) is 26.0 Å². The van der Waals surface area contributed by atoms with Crippen LogP contribution in [0.3, 0.4) is 0 Å². The van der Waals surface area contributed by atoms with Crippen molar-refractivity contribution >= 4 is 17.6 Å². The van der Waals surface area contributed by atoms with E-state index in [0.717, 1.165) is 18.2 Å². The molecule has 2 rings (SSSR count). The lowest BCUT2D eigenvalue weighted by molar-refractivity contribution is -0.120. The number of phenolic OH excluding ortho intramolecular Hbond substituents is 4. The van der Waals surface area contributed by atoms with Crippen LogP contribution in [0.4, 0.5) is 0 Å². The van der Waals surface area contributed by atoms with Crippen LogP contribution < -0.4 is 10.6 Å². The third-order valence-electron chi connectivity index (χ3n) is 4.19. The normalized spacial score (nSPS) is 11.5. The quantitative estimate of drug-likeness (QED) is 0.301. The molecule has 0 spiro atoms. The number of nitrogens with one attached hydrogen (secondary N) is 2. The largest absolute Gasteiger partial charge is 0.504 e. The number of carbonyl (C=O) groups is 3. The van der Waals surface area contributed by atoms with Gasteiger partial charge < -0.3 is 31.1 Å². The smallest absolute Gasteiger partial charge is 0.217 e. The average molecular weight is 402 g/mol. The molecule has 0 saturated heterocycles. The zero-order chi connectivity index (χ0) is 21.7. The van der Waals surface area contributed by atoms with Gasteiger partial charge in [-0.2, -0.15) is 0 Å². The molecule has 9 heteroatoms. The number of ketones is 1. The molecule has 2 aromatic carbocycles. The van der Waals surface area contributed by atoms with Gasteiger partial charge in [0.05, 0.1) is 0 Å². The van der Waals surface area contributed by atoms with Gasteiger partial charge in [0.25, 0.3) is 0 Å². The Morgan fingerprint density at radius 2 is 1.48 bits per heavy atom. The summed E-state index contributed by atoms with van der Waals surface area (Å²) in [5.41, 5.74) is 0.655. The zero-order valence-corrected chi connectivity index (χ0v) is 15.9. The second-order valence-corrected chi connectivity index (χ2v) is 6.47. The summed E-state index contributed by atoms with van der Waals surface area (Å²) in [6.45, 7) is 2.76. The van der Waals surface area contributed by atoms with E-state index in [4.69, 9.17) is 0 Å². The monoisotopic (exact) mass is 402 g/mol. The van der Waals surface area contributed by atoms with Crippen LogP contribution in [0.2, 0.25) is 0 Å². The number of carbonyl (C=O) groups excluding carboxylic acids is 3. The van der Waals surface area contributed by atoms with Crippen molar-refractivity contribution in [3.8, 4) is 23.0 Å². The van der Waals surface area contributed by atoms with Crippen LogP contribution in [-0.2, 0) is 16.0 Å². The number of hydrogen-bond donors (Lipinski definition) is 6. The third kappa shape index (κ3) is 5.38. The van der Waals surface area contributed by atoms with E-state index in [1.807, 2.05) is 0 Å². The molecule has 0 heterocycles. The molecule has 0 aliphatic heterocycles. The van der Waals surface area contributed by atoms with E-state index in [1.54, 1.807) is 0 Å². The predicted octanol–water partition coefficient (Wildman–Crippen LogP) is 1.25. The molecule has 0 bridgehead atoms. The van der Waals surface area contributed by atoms with Crippen molar-refractivity contribution in [2.24, 2.45) is 0 Å². The lowest BCUT2D eigenvalue weighted by Crippen LogP contribution is -2.33. The van der Waals surface area contributed by atoms with Crippen LogP contribution in [0.5, 0.6) is 23.0 Å². The van der Waals surface area contributed by atoms with Crippen LogP contribution in [-0.4, -0.2) is 44.6 Å². The molecule has 0 fully saturated rings. The highest BCUT2D eigenvalue weighted by Crippen LogP contribution is 2.34. The van der Waals surface area contributed by atoms with E-state index in [1.165, 1.54) is 26.0 Å². The lowest BCUT2D eigenvalue weighted by Gasteiger charge is -2.21. The maximum Gasteiger partial charge on any atom is 0.217 e. The van der Waals surface area contributed by atoms with Crippen LogP contribution >= 0.6 is 0 Å². The number of amides is 2. The van der Waals surface area contributed by atoms with Crippen molar-refractivity contribution < 1.29 is 34.8 Å². The first-order valence-corrected chi connectivity index (χ1v) is 8.72.